The first-order valence-electron chi connectivity index (χ1n) is 6.79. The van der Waals surface area contributed by atoms with Gasteiger partial charge in [0, 0.05) is 24.5 Å². The molecule has 114 valence electrons. The number of carbonyl (C=O) groups excluding carboxylic acids is 1. The van der Waals surface area contributed by atoms with Gasteiger partial charge in [0.25, 0.3) is 11.7 Å². The standard InChI is InChI=1S/C13H19N5O3/c1-9-8-10(2)18-13(15-9)16-11(17-18)12(20)14-4-3-6-21-7-5-19/h8,19H,3-7H2,1-2H3,(H,14,20). The van der Waals surface area contributed by atoms with Gasteiger partial charge >= 0.3 is 0 Å². The van der Waals surface area contributed by atoms with Gasteiger partial charge < -0.3 is 15.2 Å². The summed E-state index contributed by atoms with van der Waals surface area (Å²) in [5, 5.41) is 15.4. The summed E-state index contributed by atoms with van der Waals surface area (Å²) < 4.78 is 6.65. The minimum absolute atomic E-state index is 0.00327. The Morgan fingerprint density at radius 2 is 2.19 bits per heavy atom. The summed E-state index contributed by atoms with van der Waals surface area (Å²) in [5.41, 5.74) is 1.71. The van der Waals surface area contributed by atoms with E-state index in [1.807, 2.05) is 19.9 Å². The summed E-state index contributed by atoms with van der Waals surface area (Å²) in [6.07, 6.45) is 0.662. The summed E-state index contributed by atoms with van der Waals surface area (Å²) in [7, 11) is 0. The highest BCUT2D eigenvalue weighted by molar-refractivity contribution is 5.90. The Bertz CT molecular complexity index is 626. The summed E-state index contributed by atoms with van der Waals surface area (Å²) >= 11 is 0. The van der Waals surface area contributed by atoms with E-state index in [1.165, 1.54) is 0 Å². The SMILES string of the molecule is Cc1cc(C)n2nc(C(=O)NCCCOCCO)nc2n1. The summed E-state index contributed by atoms with van der Waals surface area (Å²) in [5.74, 6) is 0.191. The molecule has 2 N–H and O–H groups in total. The lowest BCUT2D eigenvalue weighted by molar-refractivity contribution is 0.0863. The van der Waals surface area contributed by atoms with Crippen molar-refractivity contribution in [3.8, 4) is 0 Å². The zero-order valence-corrected chi connectivity index (χ0v) is 12.2. The van der Waals surface area contributed by atoms with Crippen LogP contribution in [0, 0.1) is 13.8 Å². The summed E-state index contributed by atoms with van der Waals surface area (Å²) in [6.45, 7) is 5.02. The minimum Gasteiger partial charge on any atom is -0.394 e. The van der Waals surface area contributed by atoms with Gasteiger partial charge in [-0.15, -0.1) is 5.10 Å². The number of aliphatic hydroxyl groups is 1. The van der Waals surface area contributed by atoms with E-state index in [0.717, 1.165) is 11.4 Å². The second-order valence-electron chi connectivity index (χ2n) is 4.63. The molecule has 2 aromatic rings. The Morgan fingerprint density at radius 3 is 2.95 bits per heavy atom. The fourth-order valence-corrected chi connectivity index (χ4v) is 1.88. The molecule has 2 rings (SSSR count). The van der Waals surface area contributed by atoms with Crippen molar-refractivity contribution in [1.82, 2.24) is 24.9 Å². The van der Waals surface area contributed by atoms with Crippen LogP contribution in [0.15, 0.2) is 6.07 Å². The molecule has 0 radical (unpaired) electrons. The molecule has 1 amide bonds. The van der Waals surface area contributed by atoms with Crippen molar-refractivity contribution in [2.24, 2.45) is 0 Å². The van der Waals surface area contributed by atoms with Gasteiger partial charge in [0.15, 0.2) is 0 Å². The minimum atomic E-state index is -0.334. The van der Waals surface area contributed by atoms with Gasteiger partial charge in [-0.3, -0.25) is 4.79 Å². The van der Waals surface area contributed by atoms with Crippen LogP contribution in [0.1, 0.15) is 28.4 Å². The number of aryl methyl sites for hydroxylation is 2. The smallest absolute Gasteiger partial charge is 0.291 e. The molecule has 0 aliphatic rings. The maximum absolute atomic E-state index is 11.9. The van der Waals surface area contributed by atoms with Gasteiger partial charge in [-0.05, 0) is 26.3 Å². The molecule has 0 unspecified atom stereocenters. The summed E-state index contributed by atoms with van der Waals surface area (Å²) in [4.78, 5) is 20.3. The number of nitrogens with one attached hydrogen (secondary N) is 1. The monoisotopic (exact) mass is 293 g/mol. The maximum atomic E-state index is 11.9. The average Bonchev–Trinajstić information content (AvgIpc) is 2.86. The van der Waals surface area contributed by atoms with Crippen molar-refractivity contribution >= 4 is 11.7 Å². The molecule has 8 heteroatoms. The Labute approximate surface area is 122 Å². The van der Waals surface area contributed by atoms with Crippen LogP contribution in [-0.4, -0.2) is 57.0 Å². The molecule has 0 bridgehead atoms. The molecule has 0 aliphatic carbocycles. The molecule has 21 heavy (non-hydrogen) atoms. The van der Waals surface area contributed by atoms with Crippen LogP contribution in [-0.2, 0) is 4.74 Å². The lowest BCUT2D eigenvalue weighted by atomic mass is 10.4. The average molecular weight is 293 g/mol. The summed E-state index contributed by atoms with van der Waals surface area (Å²) in [6, 6.07) is 1.88. The van der Waals surface area contributed by atoms with Crippen molar-refractivity contribution in [1.29, 1.82) is 0 Å². The highest BCUT2D eigenvalue weighted by atomic mass is 16.5. The number of amides is 1. The normalized spacial score (nSPS) is 11.0. The third-order valence-electron chi connectivity index (χ3n) is 2.81. The second kappa shape index (κ2) is 7.09. The van der Waals surface area contributed by atoms with E-state index in [2.05, 4.69) is 20.4 Å². The van der Waals surface area contributed by atoms with E-state index in [1.54, 1.807) is 4.52 Å². The van der Waals surface area contributed by atoms with Crippen molar-refractivity contribution in [3.63, 3.8) is 0 Å². The van der Waals surface area contributed by atoms with Crippen LogP contribution >= 0.6 is 0 Å². The third-order valence-corrected chi connectivity index (χ3v) is 2.81. The predicted octanol–water partition coefficient (Wildman–Crippen LogP) is -0.130. The Morgan fingerprint density at radius 1 is 1.38 bits per heavy atom. The van der Waals surface area contributed by atoms with E-state index in [4.69, 9.17) is 9.84 Å². The number of carbonyl (C=O) groups is 1. The first-order valence-corrected chi connectivity index (χ1v) is 6.79. The Kier molecular flexibility index (Phi) is 5.18. The van der Waals surface area contributed by atoms with Crippen molar-refractivity contribution in [3.05, 3.63) is 23.3 Å². The van der Waals surface area contributed by atoms with Crippen LogP contribution in [0.5, 0.6) is 0 Å². The molecule has 2 aromatic heterocycles. The fourth-order valence-electron chi connectivity index (χ4n) is 1.88. The lowest BCUT2D eigenvalue weighted by Crippen LogP contribution is -2.26. The van der Waals surface area contributed by atoms with Crippen LogP contribution in [0.25, 0.3) is 5.78 Å². The van der Waals surface area contributed by atoms with E-state index >= 15 is 0 Å². The molecule has 0 saturated carbocycles. The lowest BCUT2D eigenvalue weighted by Gasteiger charge is -2.03. The molecular weight excluding hydrogens is 274 g/mol. The zero-order chi connectivity index (χ0) is 15.2. The largest absolute Gasteiger partial charge is 0.394 e. The van der Waals surface area contributed by atoms with E-state index in [9.17, 15) is 4.79 Å². The van der Waals surface area contributed by atoms with Crippen LogP contribution < -0.4 is 5.32 Å². The number of fused-ring (bicyclic) bond motifs is 1. The van der Waals surface area contributed by atoms with Gasteiger partial charge in [0.2, 0.25) is 5.82 Å². The molecule has 0 aromatic carbocycles. The van der Waals surface area contributed by atoms with Gasteiger partial charge in [-0.2, -0.15) is 4.98 Å². The third kappa shape index (κ3) is 3.96. The van der Waals surface area contributed by atoms with Gasteiger partial charge in [0.05, 0.1) is 13.2 Å². The van der Waals surface area contributed by atoms with E-state index < -0.39 is 0 Å². The number of aliphatic hydroxyl groups excluding tert-OH is 1. The molecule has 0 aliphatic heterocycles. The fraction of sp³-hybridized carbons (Fsp3) is 0.538. The molecule has 2 heterocycles. The molecule has 0 fully saturated rings. The molecule has 0 spiro atoms. The quantitative estimate of drug-likeness (QED) is 0.690. The molecular formula is C13H19N5O3. The van der Waals surface area contributed by atoms with Crippen LogP contribution in [0.2, 0.25) is 0 Å². The van der Waals surface area contributed by atoms with Gasteiger partial charge in [-0.25, -0.2) is 9.50 Å². The maximum Gasteiger partial charge on any atom is 0.291 e. The highest BCUT2D eigenvalue weighted by Crippen LogP contribution is 2.05. The predicted molar refractivity (Wildman–Crippen MR) is 75.1 cm³/mol. The molecule has 0 saturated heterocycles. The van der Waals surface area contributed by atoms with E-state index in [-0.39, 0.29) is 18.3 Å². The molecule has 0 atom stereocenters. The number of nitrogens with zero attached hydrogens (tertiary/aromatic N) is 4. The first kappa shape index (κ1) is 15.3. The highest BCUT2D eigenvalue weighted by Gasteiger charge is 2.14. The van der Waals surface area contributed by atoms with Crippen molar-refractivity contribution in [2.45, 2.75) is 20.3 Å². The van der Waals surface area contributed by atoms with Crippen LogP contribution in [0.3, 0.4) is 0 Å². The number of hydrogen-bond acceptors (Lipinski definition) is 6. The Hall–Kier alpha value is -2.06. The first-order chi connectivity index (χ1) is 10.1. The van der Waals surface area contributed by atoms with E-state index in [0.29, 0.717) is 32.0 Å². The number of rotatable bonds is 7. The second-order valence-corrected chi connectivity index (χ2v) is 4.63. The Balaban J connectivity index is 1.92. The molecule has 8 nitrogen and oxygen atoms in total. The topological polar surface area (TPSA) is 102 Å². The number of ether oxygens (including phenoxy) is 1. The van der Waals surface area contributed by atoms with Gasteiger partial charge in [0.1, 0.15) is 0 Å². The number of aromatic nitrogens is 4. The van der Waals surface area contributed by atoms with Gasteiger partial charge in [-0.1, -0.05) is 0 Å². The van der Waals surface area contributed by atoms with Crippen molar-refractivity contribution in [2.75, 3.05) is 26.4 Å². The van der Waals surface area contributed by atoms with Crippen LogP contribution in [0.4, 0.5) is 0 Å². The van der Waals surface area contributed by atoms with Crippen molar-refractivity contribution < 1.29 is 14.6 Å². The zero-order valence-electron chi connectivity index (χ0n) is 12.2. The number of hydrogen-bond donors (Lipinski definition) is 2.